The van der Waals surface area contributed by atoms with E-state index in [-0.39, 0.29) is 11.3 Å². The maximum absolute atomic E-state index is 6.38. The Bertz CT molecular complexity index is 552. The third-order valence-electron chi connectivity index (χ3n) is 3.52. The first kappa shape index (κ1) is 13.8. The molecule has 2 unspecified atom stereocenters. The summed E-state index contributed by atoms with van der Waals surface area (Å²) in [7, 11) is 0. The maximum Gasteiger partial charge on any atom is 0.127 e. The molecular weight excluding hydrogens is 264 g/mol. The molecule has 0 aliphatic carbocycles. The molecule has 0 spiro atoms. The molecule has 0 N–H and O–H groups in total. The predicted molar refractivity (Wildman–Crippen MR) is 79.8 cm³/mol. The van der Waals surface area contributed by atoms with Crippen LogP contribution in [0.25, 0.3) is 10.2 Å². The summed E-state index contributed by atoms with van der Waals surface area (Å²) >= 11 is 8.12. The van der Waals surface area contributed by atoms with E-state index < -0.39 is 0 Å². The van der Waals surface area contributed by atoms with E-state index in [1.807, 2.05) is 0 Å². The Morgan fingerprint density at radius 2 is 1.83 bits per heavy atom. The van der Waals surface area contributed by atoms with E-state index in [9.17, 15) is 0 Å². The van der Waals surface area contributed by atoms with Crippen molar-refractivity contribution in [2.75, 3.05) is 0 Å². The van der Waals surface area contributed by atoms with Gasteiger partial charge >= 0.3 is 0 Å². The highest BCUT2D eigenvalue weighted by molar-refractivity contribution is 7.18. The monoisotopic (exact) mass is 282 g/mol. The van der Waals surface area contributed by atoms with Gasteiger partial charge in [0.25, 0.3) is 0 Å². The van der Waals surface area contributed by atoms with Crippen molar-refractivity contribution in [1.29, 1.82) is 0 Å². The molecule has 2 heterocycles. The normalized spacial score (nSPS) is 15.3. The van der Waals surface area contributed by atoms with Gasteiger partial charge in [-0.05, 0) is 32.3 Å². The van der Waals surface area contributed by atoms with Gasteiger partial charge in [0, 0.05) is 21.6 Å². The highest BCUT2D eigenvalue weighted by Gasteiger charge is 2.26. The van der Waals surface area contributed by atoms with E-state index in [1.165, 1.54) is 15.8 Å². The van der Waals surface area contributed by atoms with Crippen molar-refractivity contribution >= 4 is 33.2 Å². The fourth-order valence-electron chi connectivity index (χ4n) is 2.53. The van der Waals surface area contributed by atoms with Crippen LogP contribution in [0.1, 0.15) is 42.8 Å². The lowest BCUT2D eigenvalue weighted by Crippen LogP contribution is -2.17. The molecule has 4 heteroatoms. The van der Waals surface area contributed by atoms with E-state index in [2.05, 4.69) is 44.6 Å². The standard InChI is InChI=1S/C14H19ClN2S/c1-7(2)11(9(4)15)13-12-8(3)10(5)18-14(12)17-6-16-13/h6-7,9,11H,1-5H3. The fourth-order valence-corrected chi connectivity index (χ4v) is 3.94. The summed E-state index contributed by atoms with van der Waals surface area (Å²) in [5.74, 6) is 0.736. The van der Waals surface area contributed by atoms with Crippen molar-refractivity contribution in [3.8, 4) is 0 Å². The Hall–Kier alpha value is -0.670. The average Bonchev–Trinajstić information content (AvgIpc) is 2.55. The minimum atomic E-state index is 0.0720. The molecule has 0 bridgehead atoms. The number of halogens is 1. The number of aromatic nitrogens is 2. The largest absolute Gasteiger partial charge is 0.240 e. The lowest BCUT2D eigenvalue weighted by atomic mass is 9.87. The van der Waals surface area contributed by atoms with Gasteiger partial charge in [-0.3, -0.25) is 0 Å². The van der Waals surface area contributed by atoms with Crippen molar-refractivity contribution in [1.82, 2.24) is 9.97 Å². The molecule has 0 saturated heterocycles. The zero-order chi connectivity index (χ0) is 13.4. The number of aryl methyl sites for hydroxylation is 2. The summed E-state index contributed by atoms with van der Waals surface area (Å²) < 4.78 is 0. The predicted octanol–water partition coefficient (Wildman–Crippen LogP) is 4.68. The number of hydrogen-bond donors (Lipinski definition) is 0. The van der Waals surface area contributed by atoms with Gasteiger partial charge in [0.15, 0.2) is 0 Å². The Morgan fingerprint density at radius 1 is 1.17 bits per heavy atom. The molecule has 98 valence electrons. The van der Waals surface area contributed by atoms with Crippen LogP contribution in [0.4, 0.5) is 0 Å². The van der Waals surface area contributed by atoms with Gasteiger partial charge in [-0.1, -0.05) is 13.8 Å². The molecule has 0 aromatic carbocycles. The molecule has 0 saturated carbocycles. The van der Waals surface area contributed by atoms with Gasteiger partial charge in [0.2, 0.25) is 0 Å². The number of nitrogens with zero attached hydrogens (tertiary/aromatic N) is 2. The Kier molecular flexibility index (Phi) is 3.93. The highest BCUT2D eigenvalue weighted by atomic mass is 35.5. The molecule has 2 aromatic rings. The molecule has 0 aliphatic rings. The van der Waals surface area contributed by atoms with Gasteiger partial charge in [-0.15, -0.1) is 22.9 Å². The zero-order valence-corrected chi connectivity index (χ0v) is 13.1. The first-order chi connectivity index (χ1) is 8.43. The summed E-state index contributed by atoms with van der Waals surface area (Å²) in [6, 6.07) is 0. The Labute approximate surface area is 117 Å². The third kappa shape index (κ3) is 2.26. The number of rotatable bonds is 3. The van der Waals surface area contributed by atoms with Crippen LogP contribution in [-0.4, -0.2) is 15.3 Å². The second-order valence-corrected chi connectivity index (χ2v) is 7.06. The van der Waals surface area contributed by atoms with Crippen LogP contribution in [0.5, 0.6) is 0 Å². The summed E-state index contributed by atoms with van der Waals surface area (Å²) in [4.78, 5) is 11.3. The second-order valence-electron chi connectivity index (χ2n) is 5.17. The van der Waals surface area contributed by atoms with E-state index in [1.54, 1.807) is 17.7 Å². The molecule has 2 nitrogen and oxygen atoms in total. The number of alkyl halides is 1. The zero-order valence-electron chi connectivity index (χ0n) is 11.5. The average molecular weight is 283 g/mol. The summed E-state index contributed by atoms with van der Waals surface area (Å²) in [5.41, 5.74) is 2.41. The summed E-state index contributed by atoms with van der Waals surface area (Å²) in [6.45, 7) is 10.7. The summed E-state index contributed by atoms with van der Waals surface area (Å²) in [5, 5.41) is 1.29. The molecule has 2 rings (SSSR count). The van der Waals surface area contributed by atoms with Crippen molar-refractivity contribution in [2.45, 2.75) is 45.9 Å². The van der Waals surface area contributed by atoms with Gasteiger partial charge in [0.1, 0.15) is 11.2 Å². The molecule has 2 atom stereocenters. The maximum atomic E-state index is 6.38. The van der Waals surface area contributed by atoms with E-state index in [0.717, 1.165) is 10.5 Å². The van der Waals surface area contributed by atoms with Crippen LogP contribution in [0.15, 0.2) is 6.33 Å². The molecule has 18 heavy (non-hydrogen) atoms. The van der Waals surface area contributed by atoms with Crippen LogP contribution < -0.4 is 0 Å². The van der Waals surface area contributed by atoms with Gasteiger partial charge in [-0.25, -0.2) is 9.97 Å². The molecular formula is C14H19ClN2S. The number of thiophene rings is 1. The number of fused-ring (bicyclic) bond motifs is 1. The van der Waals surface area contributed by atoms with Crippen molar-refractivity contribution in [3.05, 3.63) is 22.5 Å². The van der Waals surface area contributed by atoms with Crippen molar-refractivity contribution in [2.24, 2.45) is 5.92 Å². The van der Waals surface area contributed by atoms with E-state index in [4.69, 9.17) is 11.6 Å². The SMILES string of the molecule is Cc1sc2ncnc(C(C(C)C)C(C)Cl)c2c1C. The highest BCUT2D eigenvalue weighted by Crippen LogP contribution is 2.38. The fraction of sp³-hybridized carbons (Fsp3) is 0.571. The van der Waals surface area contributed by atoms with E-state index in [0.29, 0.717) is 5.92 Å². The van der Waals surface area contributed by atoms with E-state index >= 15 is 0 Å². The van der Waals surface area contributed by atoms with Crippen LogP contribution in [0.2, 0.25) is 0 Å². The van der Waals surface area contributed by atoms with Crippen LogP contribution in [-0.2, 0) is 0 Å². The van der Waals surface area contributed by atoms with Crippen molar-refractivity contribution < 1.29 is 0 Å². The topological polar surface area (TPSA) is 25.8 Å². The lowest BCUT2D eigenvalue weighted by molar-refractivity contribution is 0.483. The smallest absolute Gasteiger partial charge is 0.127 e. The summed E-state index contributed by atoms with van der Waals surface area (Å²) in [6.07, 6.45) is 1.67. The van der Waals surface area contributed by atoms with Crippen LogP contribution >= 0.6 is 22.9 Å². The second kappa shape index (κ2) is 5.14. The molecule has 0 radical (unpaired) electrons. The first-order valence-corrected chi connectivity index (χ1v) is 7.53. The molecule has 2 aromatic heterocycles. The molecule has 0 fully saturated rings. The van der Waals surface area contributed by atoms with Gasteiger partial charge in [0.05, 0.1) is 5.69 Å². The minimum Gasteiger partial charge on any atom is -0.240 e. The van der Waals surface area contributed by atoms with Crippen molar-refractivity contribution in [3.63, 3.8) is 0 Å². The lowest BCUT2D eigenvalue weighted by Gasteiger charge is -2.23. The minimum absolute atomic E-state index is 0.0720. The Balaban J connectivity index is 2.69. The third-order valence-corrected chi connectivity index (χ3v) is 4.91. The van der Waals surface area contributed by atoms with Crippen LogP contribution in [0, 0.1) is 19.8 Å². The van der Waals surface area contributed by atoms with Gasteiger partial charge < -0.3 is 0 Å². The molecule has 0 aliphatic heterocycles. The first-order valence-electron chi connectivity index (χ1n) is 6.28. The Morgan fingerprint density at radius 3 is 2.39 bits per heavy atom. The number of hydrogen-bond acceptors (Lipinski definition) is 3. The van der Waals surface area contributed by atoms with Gasteiger partial charge in [-0.2, -0.15) is 0 Å². The van der Waals surface area contributed by atoms with Crippen LogP contribution in [0.3, 0.4) is 0 Å². The molecule has 0 amide bonds. The quantitative estimate of drug-likeness (QED) is 0.764.